The van der Waals surface area contributed by atoms with Crippen molar-refractivity contribution in [3.05, 3.63) is 28.7 Å². The maximum atomic E-state index is 11.8. The standard InChI is InChI=1S/C12H11BrF3NO4/c13-8-1-3-9(4-2-8)20-6-11(19)21-5-10(18)17-7-12(14,15)16/h1-4H,5-7H2,(H,17,18). The summed E-state index contributed by atoms with van der Waals surface area (Å²) in [6.07, 6.45) is -4.51. The zero-order valence-corrected chi connectivity index (χ0v) is 12.2. The van der Waals surface area contributed by atoms with E-state index in [1.54, 1.807) is 29.6 Å². The van der Waals surface area contributed by atoms with E-state index in [0.29, 0.717) is 5.75 Å². The van der Waals surface area contributed by atoms with Gasteiger partial charge in [0.15, 0.2) is 13.2 Å². The summed E-state index contributed by atoms with van der Waals surface area (Å²) >= 11 is 3.22. The molecule has 1 amide bonds. The highest BCUT2D eigenvalue weighted by atomic mass is 79.9. The quantitative estimate of drug-likeness (QED) is 0.779. The number of halogens is 4. The first-order valence-electron chi connectivity index (χ1n) is 5.64. The molecule has 0 radical (unpaired) electrons. The second-order valence-corrected chi connectivity index (χ2v) is 4.71. The maximum absolute atomic E-state index is 11.8. The normalized spacial score (nSPS) is 10.9. The largest absolute Gasteiger partial charge is 0.482 e. The van der Waals surface area contributed by atoms with Gasteiger partial charge in [-0.25, -0.2) is 4.79 Å². The van der Waals surface area contributed by atoms with Gasteiger partial charge in [0.25, 0.3) is 5.91 Å². The van der Waals surface area contributed by atoms with E-state index in [1.807, 2.05) is 0 Å². The Morgan fingerprint density at radius 1 is 1.14 bits per heavy atom. The van der Waals surface area contributed by atoms with Crippen LogP contribution in [0.3, 0.4) is 0 Å². The summed E-state index contributed by atoms with van der Waals surface area (Å²) in [5, 5.41) is 1.57. The average molecular weight is 370 g/mol. The van der Waals surface area contributed by atoms with E-state index in [9.17, 15) is 22.8 Å². The predicted molar refractivity (Wildman–Crippen MR) is 69.7 cm³/mol. The molecule has 0 unspecified atom stereocenters. The van der Waals surface area contributed by atoms with Gasteiger partial charge < -0.3 is 14.8 Å². The number of ether oxygens (including phenoxy) is 2. The third kappa shape index (κ3) is 8.18. The van der Waals surface area contributed by atoms with E-state index >= 15 is 0 Å². The van der Waals surface area contributed by atoms with Crippen molar-refractivity contribution in [3.63, 3.8) is 0 Å². The highest BCUT2D eigenvalue weighted by molar-refractivity contribution is 9.10. The van der Waals surface area contributed by atoms with Crippen molar-refractivity contribution in [2.24, 2.45) is 0 Å². The summed E-state index contributed by atoms with van der Waals surface area (Å²) in [7, 11) is 0. The lowest BCUT2D eigenvalue weighted by atomic mass is 10.3. The van der Waals surface area contributed by atoms with Gasteiger partial charge in [-0.3, -0.25) is 4.79 Å². The van der Waals surface area contributed by atoms with Gasteiger partial charge in [-0.15, -0.1) is 0 Å². The zero-order chi connectivity index (χ0) is 15.9. The van der Waals surface area contributed by atoms with Crippen LogP contribution in [0.15, 0.2) is 28.7 Å². The van der Waals surface area contributed by atoms with Crippen molar-refractivity contribution in [2.75, 3.05) is 19.8 Å². The molecule has 0 aliphatic rings. The van der Waals surface area contributed by atoms with Crippen LogP contribution in [0.4, 0.5) is 13.2 Å². The monoisotopic (exact) mass is 369 g/mol. The van der Waals surface area contributed by atoms with E-state index < -0.39 is 37.8 Å². The third-order valence-electron chi connectivity index (χ3n) is 2.02. The summed E-state index contributed by atoms with van der Waals surface area (Å²) in [6, 6.07) is 6.61. The van der Waals surface area contributed by atoms with Gasteiger partial charge in [-0.2, -0.15) is 13.2 Å². The van der Waals surface area contributed by atoms with Gasteiger partial charge in [-0.1, -0.05) is 15.9 Å². The van der Waals surface area contributed by atoms with Crippen molar-refractivity contribution in [1.82, 2.24) is 5.32 Å². The minimum atomic E-state index is -4.51. The SMILES string of the molecule is O=C(COC(=O)COc1ccc(Br)cc1)NCC(F)(F)F. The Morgan fingerprint density at radius 3 is 2.33 bits per heavy atom. The highest BCUT2D eigenvalue weighted by Crippen LogP contribution is 2.16. The number of carbonyl (C=O) groups is 2. The first-order chi connectivity index (χ1) is 9.76. The van der Waals surface area contributed by atoms with Gasteiger partial charge in [0.2, 0.25) is 0 Å². The fourth-order valence-corrected chi connectivity index (χ4v) is 1.37. The van der Waals surface area contributed by atoms with Crippen LogP contribution >= 0.6 is 15.9 Å². The van der Waals surface area contributed by atoms with Crippen LogP contribution in [0.2, 0.25) is 0 Å². The molecule has 9 heteroatoms. The average Bonchev–Trinajstić information content (AvgIpc) is 2.41. The molecule has 5 nitrogen and oxygen atoms in total. The van der Waals surface area contributed by atoms with Crippen LogP contribution in [-0.4, -0.2) is 37.8 Å². The fraction of sp³-hybridized carbons (Fsp3) is 0.333. The molecule has 0 aromatic heterocycles. The first-order valence-corrected chi connectivity index (χ1v) is 6.43. The molecule has 116 valence electrons. The third-order valence-corrected chi connectivity index (χ3v) is 2.55. The molecule has 0 spiro atoms. The molecule has 0 saturated heterocycles. The molecular weight excluding hydrogens is 359 g/mol. The molecule has 1 aromatic carbocycles. The van der Waals surface area contributed by atoms with Gasteiger partial charge >= 0.3 is 12.1 Å². The van der Waals surface area contributed by atoms with Crippen LogP contribution in [0.25, 0.3) is 0 Å². The van der Waals surface area contributed by atoms with Crippen molar-refractivity contribution < 1.29 is 32.2 Å². The Balaban J connectivity index is 2.22. The van der Waals surface area contributed by atoms with E-state index in [4.69, 9.17) is 4.74 Å². The second-order valence-electron chi connectivity index (χ2n) is 3.80. The van der Waals surface area contributed by atoms with Crippen LogP contribution in [-0.2, 0) is 14.3 Å². The summed E-state index contributed by atoms with van der Waals surface area (Å²) < 4.78 is 45.8. The molecule has 1 N–H and O–H groups in total. The number of carbonyl (C=O) groups excluding carboxylic acids is 2. The Labute approximate surface area is 126 Å². The molecular formula is C12H11BrF3NO4. The molecule has 0 heterocycles. The van der Waals surface area contributed by atoms with Gasteiger partial charge in [0.05, 0.1) is 0 Å². The zero-order valence-electron chi connectivity index (χ0n) is 10.6. The lowest BCUT2D eigenvalue weighted by molar-refractivity contribution is -0.152. The maximum Gasteiger partial charge on any atom is 0.405 e. The number of amides is 1. The lowest BCUT2D eigenvalue weighted by Crippen LogP contribution is -2.36. The molecule has 1 aromatic rings. The van der Waals surface area contributed by atoms with Gasteiger partial charge in [-0.05, 0) is 24.3 Å². The van der Waals surface area contributed by atoms with E-state index in [0.717, 1.165) is 4.47 Å². The van der Waals surface area contributed by atoms with E-state index in [2.05, 4.69) is 20.7 Å². The minimum Gasteiger partial charge on any atom is -0.482 e. The molecule has 21 heavy (non-hydrogen) atoms. The molecule has 0 bridgehead atoms. The number of nitrogens with one attached hydrogen (secondary N) is 1. The van der Waals surface area contributed by atoms with Crippen molar-refractivity contribution in [2.45, 2.75) is 6.18 Å². The van der Waals surface area contributed by atoms with Crippen molar-refractivity contribution in [1.29, 1.82) is 0 Å². The molecule has 0 atom stereocenters. The molecule has 0 aliphatic heterocycles. The van der Waals surface area contributed by atoms with Crippen LogP contribution < -0.4 is 10.1 Å². The Hall–Kier alpha value is -1.77. The number of hydrogen-bond donors (Lipinski definition) is 1. The van der Waals surface area contributed by atoms with Crippen LogP contribution in [0, 0.1) is 0 Å². The van der Waals surface area contributed by atoms with Crippen molar-refractivity contribution in [3.8, 4) is 5.75 Å². The molecule has 0 aliphatic carbocycles. The Bertz CT molecular complexity index is 490. The number of alkyl halides is 3. The number of hydrogen-bond acceptors (Lipinski definition) is 4. The van der Waals surface area contributed by atoms with Gasteiger partial charge in [0.1, 0.15) is 12.3 Å². The second kappa shape index (κ2) is 7.87. The summed E-state index contributed by atoms with van der Waals surface area (Å²) in [5.74, 6) is -1.49. The van der Waals surface area contributed by atoms with Crippen molar-refractivity contribution >= 4 is 27.8 Å². The van der Waals surface area contributed by atoms with E-state index in [1.165, 1.54) is 0 Å². The molecule has 1 rings (SSSR count). The topological polar surface area (TPSA) is 64.6 Å². The predicted octanol–water partition coefficient (Wildman–Crippen LogP) is 2.05. The highest BCUT2D eigenvalue weighted by Gasteiger charge is 2.27. The number of rotatable bonds is 6. The number of benzene rings is 1. The minimum absolute atomic E-state index is 0.414. The van der Waals surface area contributed by atoms with Crippen LogP contribution in [0.5, 0.6) is 5.75 Å². The number of esters is 1. The summed E-state index contributed by atoms with van der Waals surface area (Å²) in [5.41, 5.74) is 0. The first kappa shape index (κ1) is 17.3. The Kier molecular flexibility index (Phi) is 6.47. The fourth-order valence-electron chi connectivity index (χ4n) is 1.11. The molecule has 0 saturated carbocycles. The summed E-state index contributed by atoms with van der Waals surface area (Å²) in [6.45, 7) is -2.72. The van der Waals surface area contributed by atoms with Gasteiger partial charge in [0, 0.05) is 4.47 Å². The Morgan fingerprint density at radius 2 is 1.76 bits per heavy atom. The smallest absolute Gasteiger partial charge is 0.405 e. The summed E-state index contributed by atoms with van der Waals surface area (Å²) in [4.78, 5) is 22.2. The van der Waals surface area contributed by atoms with E-state index in [-0.39, 0.29) is 0 Å². The van der Waals surface area contributed by atoms with Crippen LogP contribution in [0.1, 0.15) is 0 Å². The molecule has 0 fully saturated rings. The lowest BCUT2D eigenvalue weighted by Gasteiger charge is -2.09.